The molecule has 0 bridgehead atoms. The van der Waals surface area contributed by atoms with Gasteiger partial charge in [0.1, 0.15) is 5.82 Å². The third-order valence-electron chi connectivity index (χ3n) is 2.91. The molecule has 0 saturated carbocycles. The summed E-state index contributed by atoms with van der Waals surface area (Å²) in [6, 6.07) is 4.62. The van der Waals surface area contributed by atoms with Crippen LogP contribution in [-0.4, -0.2) is 18.8 Å². The van der Waals surface area contributed by atoms with Crippen LogP contribution in [0.1, 0.15) is 18.4 Å². The van der Waals surface area contributed by atoms with Crippen molar-refractivity contribution >= 4 is 15.9 Å². The monoisotopic (exact) mass is 287 g/mol. The number of hydrogen-bond donors (Lipinski definition) is 1. The molecule has 1 aromatic carbocycles. The molecule has 1 saturated heterocycles. The molecule has 0 amide bonds. The number of nitrogens with two attached hydrogens (primary N) is 1. The first-order valence-corrected chi connectivity index (χ1v) is 6.27. The Kier molecular flexibility index (Phi) is 3.95. The highest BCUT2D eigenvalue weighted by atomic mass is 79.9. The van der Waals surface area contributed by atoms with Crippen molar-refractivity contribution in [3.05, 3.63) is 34.1 Å². The van der Waals surface area contributed by atoms with E-state index in [2.05, 4.69) is 15.9 Å². The highest BCUT2D eigenvalue weighted by Gasteiger charge is 2.23. The van der Waals surface area contributed by atoms with Gasteiger partial charge in [-0.25, -0.2) is 4.39 Å². The number of benzene rings is 1. The van der Waals surface area contributed by atoms with Crippen molar-refractivity contribution in [2.75, 3.05) is 6.61 Å². The largest absolute Gasteiger partial charge is 0.377 e. The van der Waals surface area contributed by atoms with Crippen LogP contribution in [0.2, 0.25) is 0 Å². The molecule has 4 heteroatoms. The second-order valence-corrected chi connectivity index (χ2v) is 5.01. The molecule has 2 N–H and O–H groups in total. The molecule has 0 aromatic heterocycles. The molecule has 1 aliphatic heterocycles. The fourth-order valence-electron chi connectivity index (χ4n) is 2.03. The second-order valence-electron chi connectivity index (χ2n) is 4.16. The predicted octanol–water partition coefficient (Wildman–Crippen LogP) is 2.64. The normalized spacial score (nSPS) is 22.3. The minimum Gasteiger partial charge on any atom is -0.377 e. The third kappa shape index (κ3) is 2.81. The van der Waals surface area contributed by atoms with E-state index < -0.39 is 0 Å². The lowest BCUT2D eigenvalue weighted by Crippen LogP contribution is -2.36. The molecule has 88 valence electrons. The van der Waals surface area contributed by atoms with Crippen molar-refractivity contribution in [2.24, 2.45) is 5.73 Å². The maximum Gasteiger partial charge on any atom is 0.123 e. The molecule has 2 unspecified atom stereocenters. The van der Waals surface area contributed by atoms with Crippen molar-refractivity contribution in [1.82, 2.24) is 0 Å². The molecule has 2 nitrogen and oxygen atoms in total. The average molecular weight is 288 g/mol. The van der Waals surface area contributed by atoms with Crippen molar-refractivity contribution < 1.29 is 9.13 Å². The van der Waals surface area contributed by atoms with Crippen LogP contribution in [0.3, 0.4) is 0 Å². The zero-order valence-corrected chi connectivity index (χ0v) is 10.5. The first-order chi connectivity index (χ1) is 7.66. The van der Waals surface area contributed by atoms with Gasteiger partial charge >= 0.3 is 0 Å². The first-order valence-electron chi connectivity index (χ1n) is 5.48. The lowest BCUT2D eigenvalue weighted by atomic mass is 10.0. The van der Waals surface area contributed by atoms with Crippen molar-refractivity contribution in [3.8, 4) is 0 Å². The highest BCUT2D eigenvalue weighted by Crippen LogP contribution is 2.22. The number of rotatable bonds is 3. The van der Waals surface area contributed by atoms with E-state index in [-0.39, 0.29) is 18.0 Å². The van der Waals surface area contributed by atoms with Crippen LogP contribution >= 0.6 is 15.9 Å². The average Bonchev–Trinajstić information content (AvgIpc) is 2.76. The van der Waals surface area contributed by atoms with Gasteiger partial charge in [-0.15, -0.1) is 0 Å². The zero-order valence-electron chi connectivity index (χ0n) is 8.96. The van der Waals surface area contributed by atoms with Crippen LogP contribution in [0.5, 0.6) is 0 Å². The Hall–Kier alpha value is -0.450. The predicted molar refractivity (Wildman–Crippen MR) is 64.8 cm³/mol. The van der Waals surface area contributed by atoms with E-state index >= 15 is 0 Å². The number of ether oxygens (including phenoxy) is 1. The fourth-order valence-corrected chi connectivity index (χ4v) is 2.43. The quantitative estimate of drug-likeness (QED) is 0.928. The molecule has 0 spiro atoms. The zero-order chi connectivity index (χ0) is 11.5. The van der Waals surface area contributed by atoms with Gasteiger partial charge in [-0.2, -0.15) is 0 Å². The lowest BCUT2D eigenvalue weighted by Gasteiger charge is -2.19. The maximum atomic E-state index is 13.1. The molecule has 1 fully saturated rings. The first kappa shape index (κ1) is 12.0. The lowest BCUT2D eigenvalue weighted by molar-refractivity contribution is 0.0899. The molecular weight excluding hydrogens is 273 g/mol. The van der Waals surface area contributed by atoms with Gasteiger partial charge in [-0.1, -0.05) is 15.9 Å². The van der Waals surface area contributed by atoms with E-state index in [0.29, 0.717) is 6.42 Å². The minimum absolute atomic E-state index is 0.0550. The van der Waals surface area contributed by atoms with E-state index in [1.807, 2.05) is 0 Å². The van der Waals surface area contributed by atoms with Gasteiger partial charge in [-0.05, 0) is 43.0 Å². The fraction of sp³-hybridized carbons (Fsp3) is 0.500. The summed E-state index contributed by atoms with van der Waals surface area (Å²) in [5.41, 5.74) is 6.97. The van der Waals surface area contributed by atoms with Gasteiger partial charge in [0.25, 0.3) is 0 Å². The highest BCUT2D eigenvalue weighted by molar-refractivity contribution is 9.10. The molecule has 0 radical (unpaired) electrons. The summed E-state index contributed by atoms with van der Waals surface area (Å²) in [7, 11) is 0. The Balaban J connectivity index is 2.04. The minimum atomic E-state index is -0.224. The van der Waals surface area contributed by atoms with Gasteiger partial charge in [0, 0.05) is 17.1 Å². The summed E-state index contributed by atoms with van der Waals surface area (Å²) in [6.45, 7) is 0.794. The third-order valence-corrected chi connectivity index (χ3v) is 3.68. The Bertz CT molecular complexity index is 366. The summed E-state index contributed by atoms with van der Waals surface area (Å²) in [4.78, 5) is 0. The summed E-state index contributed by atoms with van der Waals surface area (Å²) in [6.07, 6.45) is 2.84. The van der Waals surface area contributed by atoms with Gasteiger partial charge < -0.3 is 10.5 Å². The van der Waals surface area contributed by atoms with Crippen LogP contribution in [0.25, 0.3) is 0 Å². The second kappa shape index (κ2) is 5.25. The molecule has 2 atom stereocenters. The van der Waals surface area contributed by atoms with E-state index in [4.69, 9.17) is 10.5 Å². The van der Waals surface area contributed by atoms with Crippen LogP contribution in [0, 0.1) is 5.82 Å². The Morgan fingerprint density at radius 3 is 3.06 bits per heavy atom. The van der Waals surface area contributed by atoms with E-state index in [9.17, 15) is 4.39 Å². The summed E-state index contributed by atoms with van der Waals surface area (Å²) < 4.78 is 19.5. The topological polar surface area (TPSA) is 35.2 Å². The SMILES string of the molecule is NC(Cc1cc(F)ccc1Br)C1CCCO1. The molecule has 1 aliphatic rings. The molecule has 1 heterocycles. The van der Waals surface area contributed by atoms with Crippen LogP contribution in [0.15, 0.2) is 22.7 Å². The summed E-state index contributed by atoms with van der Waals surface area (Å²) >= 11 is 3.40. The van der Waals surface area contributed by atoms with Crippen LogP contribution in [-0.2, 0) is 11.2 Å². The Morgan fingerprint density at radius 1 is 1.56 bits per heavy atom. The smallest absolute Gasteiger partial charge is 0.123 e. The van der Waals surface area contributed by atoms with E-state index in [1.165, 1.54) is 12.1 Å². The Labute approximate surface area is 103 Å². The van der Waals surface area contributed by atoms with Gasteiger partial charge in [0.2, 0.25) is 0 Å². The maximum absolute atomic E-state index is 13.1. The number of hydrogen-bond acceptors (Lipinski definition) is 2. The van der Waals surface area contributed by atoms with Crippen molar-refractivity contribution in [2.45, 2.75) is 31.4 Å². The van der Waals surface area contributed by atoms with Crippen LogP contribution in [0.4, 0.5) is 4.39 Å². The van der Waals surface area contributed by atoms with Gasteiger partial charge in [0.05, 0.1) is 6.10 Å². The molecular formula is C12H15BrFNO. The summed E-state index contributed by atoms with van der Waals surface area (Å²) in [5, 5.41) is 0. The van der Waals surface area contributed by atoms with E-state index in [0.717, 1.165) is 29.5 Å². The molecule has 1 aromatic rings. The molecule has 0 aliphatic carbocycles. The molecule has 2 rings (SSSR count). The van der Waals surface area contributed by atoms with Crippen molar-refractivity contribution in [1.29, 1.82) is 0 Å². The number of halogens is 2. The Morgan fingerprint density at radius 2 is 2.38 bits per heavy atom. The van der Waals surface area contributed by atoms with Gasteiger partial charge in [0.15, 0.2) is 0 Å². The van der Waals surface area contributed by atoms with Crippen molar-refractivity contribution in [3.63, 3.8) is 0 Å². The summed E-state index contributed by atoms with van der Waals surface area (Å²) in [5.74, 6) is -0.224. The van der Waals surface area contributed by atoms with Gasteiger partial charge in [-0.3, -0.25) is 0 Å². The molecule has 16 heavy (non-hydrogen) atoms. The standard InChI is InChI=1S/C12H15BrFNO/c13-10-4-3-9(14)6-8(10)7-11(15)12-2-1-5-16-12/h3-4,6,11-12H,1-2,5,7,15H2. The van der Waals surface area contributed by atoms with E-state index in [1.54, 1.807) is 6.07 Å². The van der Waals surface area contributed by atoms with Crippen LogP contribution < -0.4 is 5.73 Å².